The van der Waals surface area contributed by atoms with Crippen LogP contribution in [0.25, 0.3) is 83.6 Å². The first-order chi connectivity index (χ1) is 22.8. The highest BCUT2D eigenvalue weighted by Gasteiger charge is 2.20. The molecule has 3 aromatic heterocycles. The zero-order valence-electron chi connectivity index (χ0n) is 24.8. The summed E-state index contributed by atoms with van der Waals surface area (Å²) >= 11 is 0. The minimum absolute atomic E-state index is 0.601. The van der Waals surface area contributed by atoms with E-state index in [1.807, 2.05) is 54.7 Å². The quantitative estimate of drug-likeness (QED) is 0.201. The Kier molecular flexibility index (Phi) is 6.10. The smallest absolute Gasteiger partial charge is 0.227 e. The molecule has 0 aliphatic rings. The number of hydrogen-bond donors (Lipinski definition) is 0. The molecule has 0 aliphatic carbocycles. The zero-order valence-corrected chi connectivity index (χ0v) is 24.8. The predicted molar refractivity (Wildman–Crippen MR) is 188 cm³/mol. The fraction of sp³-hybridized carbons (Fsp3) is 0. The summed E-state index contributed by atoms with van der Waals surface area (Å²) in [5.74, 6) is 0.601. The van der Waals surface area contributed by atoms with Crippen molar-refractivity contribution in [1.29, 1.82) is 0 Å². The van der Waals surface area contributed by atoms with E-state index in [-0.39, 0.29) is 0 Å². The minimum atomic E-state index is 0.601. The number of pyridine rings is 1. The largest absolute Gasteiger partial charge is 0.436 e. The van der Waals surface area contributed by atoms with Crippen molar-refractivity contribution in [1.82, 2.24) is 14.5 Å². The molecule has 46 heavy (non-hydrogen) atoms. The van der Waals surface area contributed by atoms with Crippen LogP contribution in [0.3, 0.4) is 0 Å². The van der Waals surface area contributed by atoms with Crippen molar-refractivity contribution in [2.45, 2.75) is 0 Å². The molecule has 0 saturated carbocycles. The summed E-state index contributed by atoms with van der Waals surface area (Å²) in [4.78, 5) is 9.53. The number of rotatable bonds is 5. The van der Waals surface area contributed by atoms with E-state index in [0.717, 1.165) is 55.8 Å². The van der Waals surface area contributed by atoms with E-state index in [9.17, 15) is 0 Å². The van der Waals surface area contributed by atoms with Gasteiger partial charge in [-0.15, -0.1) is 0 Å². The van der Waals surface area contributed by atoms with Crippen molar-refractivity contribution in [2.24, 2.45) is 0 Å². The summed E-state index contributed by atoms with van der Waals surface area (Å²) < 4.78 is 8.69. The highest BCUT2D eigenvalue weighted by molar-refractivity contribution is 6.17. The van der Waals surface area contributed by atoms with Crippen LogP contribution in [0.2, 0.25) is 0 Å². The Hall–Kier alpha value is -6.26. The molecule has 6 aromatic carbocycles. The monoisotopic (exact) mass is 589 g/mol. The lowest BCUT2D eigenvalue weighted by Gasteiger charge is -2.12. The first-order valence-corrected chi connectivity index (χ1v) is 15.4. The second kappa shape index (κ2) is 10.7. The van der Waals surface area contributed by atoms with E-state index in [4.69, 9.17) is 9.40 Å². The van der Waals surface area contributed by atoms with Crippen molar-refractivity contribution >= 4 is 32.9 Å². The number of fused-ring (bicyclic) bond motifs is 4. The highest BCUT2D eigenvalue weighted by atomic mass is 16.3. The van der Waals surface area contributed by atoms with Gasteiger partial charge in [-0.1, -0.05) is 103 Å². The first kappa shape index (κ1) is 26.2. The van der Waals surface area contributed by atoms with Gasteiger partial charge in [-0.2, -0.15) is 0 Å². The van der Waals surface area contributed by atoms with Crippen LogP contribution >= 0.6 is 0 Å². The van der Waals surface area contributed by atoms with Gasteiger partial charge in [-0.3, -0.25) is 4.98 Å². The van der Waals surface area contributed by atoms with E-state index in [0.29, 0.717) is 5.89 Å². The maximum atomic E-state index is 6.34. The predicted octanol–water partition coefficient (Wildman–Crippen LogP) is 11.0. The van der Waals surface area contributed by atoms with Crippen LogP contribution in [0, 0.1) is 0 Å². The third kappa shape index (κ3) is 4.39. The molecular formula is C42H27N3O. The third-order valence-electron chi connectivity index (χ3n) is 8.68. The Morgan fingerprint density at radius 3 is 2.09 bits per heavy atom. The van der Waals surface area contributed by atoms with Gasteiger partial charge in [0.1, 0.15) is 5.52 Å². The molecule has 0 fully saturated rings. The van der Waals surface area contributed by atoms with Gasteiger partial charge >= 0.3 is 0 Å². The summed E-state index contributed by atoms with van der Waals surface area (Å²) in [6.45, 7) is 0. The molecule has 0 spiro atoms. The molecule has 0 amide bonds. The molecular weight excluding hydrogens is 562 g/mol. The van der Waals surface area contributed by atoms with Crippen LogP contribution in [0.1, 0.15) is 0 Å². The lowest BCUT2D eigenvalue weighted by atomic mass is 9.95. The Morgan fingerprint density at radius 1 is 0.500 bits per heavy atom. The molecule has 0 unspecified atom stereocenters. The van der Waals surface area contributed by atoms with E-state index < -0.39 is 0 Å². The molecule has 4 heteroatoms. The summed E-state index contributed by atoms with van der Waals surface area (Å²) in [5, 5.41) is 2.37. The van der Waals surface area contributed by atoms with Crippen LogP contribution < -0.4 is 0 Å². The summed E-state index contributed by atoms with van der Waals surface area (Å²) in [6, 6.07) is 55.0. The van der Waals surface area contributed by atoms with Crippen molar-refractivity contribution in [3.63, 3.8) is 0 Å². The summed E-state index contributed by atoms with van der Waals surface area (Å²) in [6.07, 6.45) is 1.84. The van der Waals surface area contributed by atoms with Gasteiger partial charge in [-0.05, 0) is 76.9 Å². The van der Waals surface area contributed by atoms with E-state index >= 15 is 0 Å². The number of nitrogens with zero attached hydrogens (tertiary/aromatic N) is 3. The fourth-order valence-electron chi connectivity index (χ4n) is 6.53. The van der Waals surface area contributed by atoms with Gasteiger partial charge < -0.3 is 8.98 Å². The molecule has 0 atom stereocenters. The van der Waals surface area contributed by atoms with Gasteiger partial charge in [0.15, 0.2) is 5.58 Å². The number of oxazole rings is 1. The standard InChI is InChI=1S/C42H27N3O/c1-2-11-28(12-3-1)29-20-22-30(23-21-29)35-26-32(42-44-37-17-5-7-19-40(37)46-42)27-39-41(35)34-15-4-6-18-38(34)45(39)33-14-10-13-31(25-33)36-16-8-9-24-43-36/h1-27H. The van der Waals surface area contributed by atoms with Gasteiger partial charge in [0.25, 0.3) is 0 Å². The second-order valence-corrected chi connectivity index (χ2v) is 11.5. The molecule has 0 N–H and O–H groups in total. The molecule has 0 aliphatic heterocycles. The van der Waals surface area contributed by atoms with Gasteiger partial charge in [-0.25, -0.2) is 4.98 Å². The zero-order chi connectivity index (χ0) is 30.5. The average molecular weight is 590 g/mol. The topological polar surface area (TPSA) is 43.9 Å². The molecule has 9 aromatic rings. The van der Waals surface area contributed by atoms with Crippen LogP contribution in [-0.4, -0.2) is 14.5 Å². The van der Waals surface area contributed by atoms with Crippen molar-refractivity contribution < 1.29 is 4.42 Å². The van der Waals surface area contributed by atoms with Crippen molar-refractivity contribution in [3.8, 4) is 50.7 Å². The van der Waals surface area contributed by atoms with Crippen LogP contribution in [0.15, 0.2) is 168 Å². The normalized spacial score (nSPS) is 11.5. The van der Waals surface area contributed by atoms with Crippen molar-refractivity contribution in [2.75, 3.05) is 0 Å². The molecule has 0 saturated heterocycles. The summed E-state index contributed by atoms with van der Waals surface area (Å²) in [7, 11) is 0. The maximum Gasteiger partial charge on any atom is 0.227 e. The number of hydrogen-bond acceptors (Lipinski definition) is 3. The van der Waals surface area contributed by atoms with Gasteiger partial charge in [0.2, 0.25) is 5.89 Å². The van der Waals surface area contributed by atoms with E-state index in [1.165, 1.54) is 21.9 Å². The Bertz CT molecular complexity index is 2480. The molecule has 0 radical (unpaired) electrons. The van der Waals surface area contributed by atoms with Crippen LogP contribution in [-0.2, 0) is 0 Å². The van der Waals surface area contributed by atoms with Crippen LogP contribution in [0.4, 0.5) is 0 Å². The molecule has 4 nitrogen and oxygen atoms in total. The summed E-state index contributed by atoms with van der Waals surface area (Å²) in [5.41, 5.74) is 12.5. The Morgan fingerprint density at radius 2 is 1.24 bits per heavy atom. The fourth-order valence-corrected chi connectivity index (χ4v) is 6.53. The van der Waals surface area contributed by atoms with E-state index in [1.54, 1.807) is 0 Å². The SMILES string of the molecule is c1ccc(-c2ccc(-c3cc(-c4nc5ccccc5o4)cc4c3c3ccccc3n4-c3cccc(-c4ccccn4)c3)cc2)cc1. The number of para-hydroxylation sites is 3. The van der Waals surface area contributed by atoms with Gasteiger partial charge in [0, 0.05) is 33.8 Å². The molecule has 9 rings (SSSR count). The molecule has 3 heterocycles. The highest BCUT2D eigenvalue weighted by Crippen LogP contribution is 2.42. The van der Waals surface area contributed by atoms with Gasteiger partial charge in [0.05, 0.1) is 16.7 Å². The Balaban J connectivity index is 1.33. The van der Waals surface area contributed by atoms with Crippen molar-refractivity contribution in [3.05, 3.63) is 164 Å². The molecule has 216 valence electrons. The maximum absolute atomic E-state index is 6.34. The van der Waals surface area contributed by atoms with Crippen LogP contribution in [0.5, 0.6) is 0 Å². The van der Waals surface area contributed by atoms with E-state index in [2.05, 4.69) is 119 Å². The number of benzene rings is 6. The minimum Gasteiger partial charge on any atom is -0.436 e. The third-order valence-corrected chi connectivity index (χ3v) is 8.68. The number of aromatic nitrogens is 3. The lowest BCUT2D eigenvalue weighted by molar-refractivity contribution is 0.620. The second-order valence-electron chi connectivity index (χ2n) is 11.5. The molecule has 0 bridgehead atoms. The Labute approximate surface area is 265 Å². The lowest BCUT2D eigenvalue weighted by Crippen LogP contribution is -1.95. The first-order valence-electron chi connectivity index (χ1n) is 15.4. The average Bonchev–Trinajstić information content (AvgIpc) is 3.72.